The third-order valence-electron chi connectivity index (χ3n) is 4.58. The molecule has 0 aromatic heterocycles. The van der Waals surface area contributed by atoms with Crippen molar-refractivity contribution in [3.05, 3.63) is 28.2 Å². The molecule has 1 aliphatic heterocycles. The molecule has 0 radical (unpaired) electrons. The monoisotopic (exact) mass is 475 g/mol. The Bertz CT molecular complexity index is 815. The molecule has 1 unspecified atom stereocenters. The molecule has 28 heavy (non-hydrogen) atoms. The number of ether oxygens (including phenoxy) is 1. The van der Waals surface area contributed by atoms with Crippen molar-refractivity contribution in [3.63, 3.8) is 0 Å². The second-order valence-corrected chi connectivity index (χ2v) is 9.25. The lowest BCUT2D eigenvalue weighted by Crippen LogP contribution is -2.42. The maximum absolute atomic E-state index is 12.5. The normalized spacial score (nSPS) is 18.0. The lowest BCUT2D eigenvalue weighted by Gasteiger charge is -2.31. The number of hydrogen-bond acceptors (Lipinski definition) is 6. The third kappa shape index (κ3) is 6.26. The number of carbonyl (C=O) groups excluding carboxylic acids is 2. The fourth-order valence-electron chi connectivity index (χ4n) is 3.14. The summed E-state index contributed by atoms with van der Waals surface area (Å²) in [6.45, 7) is 4.42. The first-order valence-electron chi connectivity index (χ1n) is 9.22. The number of nitrogens with one attached hydrogen (secondary N) is 1. The number of piperidine rings is 1. The molecule has 3 N–H and O–H groups in total. The Balaban J connectivity index is 1.88. The van der Waals surface area contributed by atoms with Crippen LogP contribution in [-0.4, -0.2) is 58.0 Å². The Morgan fingerprint density at radius 2 is 2.14 bits per heavy atom. The fraction of sp³-hybridized carbons (Fsp3) is 0.556. The van der Waals surface area contributed by atoms with E-state index in [4.69, 9.17) is 10.5 Å². The first kappa shape index (κ1) is 22.8. The van der Waals surface area contributed by atoms with Gasteiger partial charge in [-0.15, -0.1) is 0 Å². The molecule has 0 aliphatic carbocycles. The number of benzene rings is 1. The van der Waals surface area contributed by atoms with E-state index in [9.17, 15) is 18.0 Å². The molecular weight excluding hydrogens is 450 g/mol. The summed E-state index contributed by atoms with van der Waals surface area (Å²) < 4.78 is 32.8. The van der Waals surface area contributed by atoms with Gasteiger partial charge >= 0.3 is 5.97 Å². The Labute approximate surface area is 174 Å². The molecule has 1 aromatic rings. The van der Waals surface area contributed by atoms with E-state index < -0.39 is 16.0 Å². The number of primary amides is 1. The predicted octanol–water partition coefficient (Wildman–Crippen LogP) is 1.49. The number of hydrogen-bond donors (Lipinski definition) is 2. The van der Waals surface area contributed by atoms with Gasteiger partial charge in [-0.05, 0) is 73.4 Å². The van der Waals surface area contributed by atoms with Gasteiger partial charge in [0.1, 0.15) is 0 Å². The van der Waals surface area contributed by atoms with E-state index >= 15 is 0 Å². The second-order valence-electron chi connectivity index (χ2n) is 6.66. The molecule has 1 aromatic carbocycles. The average Bonchev–Trinajstić information content (AvgIpc) is 2.65. The Hall–Kier alpha value is -1.49. The van der Waals surface area contributed by atoms with Gasteiger partial charge in [-0.1, -0.05) is 0 Å². The molecule has 1 amide bonds. The highest BCUT2D eigenvalue weighted by atomic mass is 79.9. The van der Waals surface area contributed by atoms with Crippen LogP contribution in [0.2, 0.25) is 0 Å². The van der Waals surface area contributed by atoms with Gasteiger partial charge in [-0.3, -0.25) is 4.79 Å². The zero-order valence-corrected chi connectivity index (χ0v) is 18.2. The summed E-state index contributed by atoms with van der Waals surface area (Å²) in [6.07, 6.45) is 2.34. The highest BCUT2D eigenvalue weighted by Gasteiger charge is 2.24. The van der Waals surface area contributed by atoms with Crippen molar-refractivity contribution < 1.29 is 22.7 Å². The molecule has 1 aliphatic rings. The summed E-state index contributed by atoms with van der Waals surface area (Å²) in [5.41, 5.74) is 5.65. The Kier molecular flexibility index (Phi) is 8.41. The summed E-state index contributed by atoms with van der Waals surface area (Å²) in [6, 6.07) is 4.24. The van der Waals surface area contributed by atoms with Crippen LogP contribution in [0.15, 0.2) is 27.6 Å². The number of halogens is 1. The fourth-order valence-corrected chi connectivity index (χ4v) is 5.29. The second kappa shape index (κ2) is 10.3. The molecule has 0 saturated carbocycles. The number of nitrogens with two attached hydrogens (primary N) is 1. The van der Waals surface area contributed by atoms with Gasteiger partial charge in [-0.2, -0.15) is 0 Å². The van der Waals surface area contributed by atoms with Crippen LogP contribution in [0, 0.1) is 5.92 Å². The number of amides is 1. The van der Waals surface area contributed by atoms with Crippen molar-refractivity contribution in [2.24, 2.45) is 11.7 Å². The van der Waals surface area contributed by atoms with E-state index in [-0.39, 0.29) is 35.4 Å². The van der Waals surface area contributed by atoms with Crippen LogP contribution in [0.5, 0.6) is 0 Å². The number of rotatable bonds is 9. The third-order valence-corrected chi connectivity index (χ3v) is 7.02. The zero-order valence-electron chi connectivity index (χ0n) is 15.8. The summed E-state index contributed by atoms with van der Waals surface area (Å²) in [5, 5.41) is 0. The first-order chi connectivity index (χ1) is 13.2. The molecular formula is C18H26BrN3O5S. The predicted molar refractivity (Wildman–Crippen MR) is 108 cm³/mol. The summed E-state index contributed by atoms with van der Waals surface area (Å²) in [5.74, 6) is -0.906. The largest absolute Gasteiger partial charge is 0.462 e. The van der Waals surface area contributed by atoms with Crippen LogP contribution in [-0.2, 0) is 19.6 Å². The first-order valence-corrected chi connectivity index (χ1v) is 11.5. The molecule has 156 valence electrons. The minimum atomic E-state index is -3.71. The lowest BCUT2D eigenvalue weighted by atomic mass is 9.97. The molecule has 0 spiro atoms. The molecule has 8 nitrogen and oxygen atoms in total. The molecule has 2 rings (SSSR count). The standard InChI is InChI=1S/C18H26BrN3O5S/c1-2-27-18(24)13-6-7-16(15(19)11-13)28(25,26)21-8-4-10-22-9-3-5-14(12-22)17(20)23/h6-7,11,14,21H,2-5,8-10,12H2,1H3,(H2,20,23). The van der Waals surface area contributed by atoms with Crippen LogP contribution in [0.25, 0.3) is 0 Å². The number of sulfonamides is 1. The minimum Gasteiger partial charge on any atom is -0.462 e. The van der Waals surface area contributed by atoms with Crippen molar-refractivity contribution >= 4 is 37.8 Å². The number of nitrogens with zero attached hydrogens (tertiary/aromatic N) is 1. The smallest absolute Gasteiger partial charge is 0.338 e. The minimum absolute atomic E-state index is 0.0623. The molecule has 0 bridgehead atoms. The van der Waals surface area contributed by atoms with Crippen molar-refractivity contribution in [2.75, 3.05) is 32.8 Å². The number of likely N-dealkylation sites (tertiary alicyclic amines) is 1. The Morgan fingerprint density at radius 3 is 2.79 bits per heavy atom. The van der Waals surface area contributed by atoms with Crippen molar-refractivity contribution in [1.29, 1.82) is 0 Å². The molecule has 1 saturated heterocycles. The van der Waals surface area contributed by atoms with Gasteiger partial charge < -0.3 is 15.4 Å². The molecule has 10 heteroatoms. The van der Waals surface area contributed by atoms with Gasteiger partial charge in [0.2, 0.25) is 15.9 Å². The number of carbonyl (C=O) groups is 2. The van der Waals surface area contributed by atoms with Gasteiger partial charge in [-0.25, -0.2) is 17.9 Å². The van der Waals surface area contributed by atoms with Crippen LogP contribution in [0.3, 0.4) is 0 Å². The maximum Gasteiger partial charge on any atom is 0.338 e. The van der Waals surface area contributed by atoms with Crippen LogP contribution >= 0.6 is 15.9 Å². The SMILES string of the molecule is CCOC(=O)c1ccc(S(=O)(=O)NCCCN2CCCC(C(N)=O)C2)c(Br)c1. The van der Waals surface area contributed by atoms with Crippen LogP contribution in [0.4, 0.5) is 0 Å². The van der Waals surface area contributed by atoms with E-state index in [0.29, 0.717) is 24.0 Å². The van der Waals surface area contributed by atoms with Crippen molar-refractivity contribution in [3.8, 4) is 0 Å². The maximum atomic E-state index is 12.5. The van der Waals surface area contributed by atoms with Gasteiger partial charge in [0, 0.05) is 17.6 Å². The molecule has 1 fully saturated rings. The van der Waals surface area contributed by atoms with E-state index in [2.05, 4.69) is 25.6 Å². The van der Waals surface area contributed by atoms with Crippen molar-refractivity contribution in [1.82, 2.24) is 9.62 Å². The highest BCUT2D eigenvalue weighted by molar-refractivity contribution is 9.10. The average molecular weight is 476 g/mol. The Morgan fingerprint density at radius 1 is 1.39 bits per heavy atom. The molecule has 1 atom stereocenters. The van der Waals surface area contributed by atoms with E-state index in [1.807, 2.05) is 0 Å². The number of esters is 1. The van der Waals surface area contributed by atoms with E-state index in [1.54, 1.807) is 6.92 Å². The van der Waals surface area contributed by atoms with E-state index in [0.717, 1.165) is 19.4 Å². The quantitative estimate of drug-likeness (QED) is 0.412. The zero-order chi connectivity index (χ0) is 20.7. The summed E-state index contributed by atoms with van der Waals surface area (Å²) in [7, 11) is -3.71. The summed E-state index contributed by atoms with van der Waals surface area (Å²) in [4.78, 5) is 25.3. The van der Waals surface area contributed by atoms with E-state index in [1.165, 1.54) is 18.2 Å². The summed E-state index contributed by atoms with van der Waals surface area (Å²) >= 11 is 3.22. The lowest BCUT2D eigenvalue weighted by molar-refractivity contribution is -0.123. The van der Waals surface area contributed by atoms with Gasteiger partial charge in [0.25, 0.3) is 0 Å². The topological polar surface area (TPSA) is 119 Å². The van der Waals surface area contributed by atoms with Crippen molar-refractivity contribution in [2.45, 2.75) is 31.1 Å². The van der Waals surface area contributed by atoms with Gasteiger partial charge in [0.05, 0.1) is 23.0 Å². The van der Waals surface area contributed by atoms with Crippen LogP contribution in [0.1, 0.15) is 36.5 Å². The highest BCUT2D eigenvalue weighted by Crippen LogP contribution is 2.23. The van der Waals surface area contributed by atoms with Crippen LogP contribution < -0.4 is 10.5 Å². The molecule has 1 heterocycles. The van der Waals surface area contributed by atoms with Gasteiger partial charge in [0.15, 0.2) is 0 Å².